The molecule has 3 rings (SSSR count). The molecule has 162 valence electrons. The zero-order valence-electron chi connectivity index (χ0n) is 17.7. The van der Waals surface area contributed by atoms with Crippen LogP contribution in [0.5, 0.6) is 0 Å². The minimum Gasteiger partial charge on any atom is -0.478 e. The van der Waals surface area contributed by atoms with E-state index in [1.165, 1.54) is 12.3 Å². The molecule has 31 heavy (non-hydrogen) atoms. The van der Waals surface area contributed by atoms with Crippen molar-refractivity contribution in [3.8, 4) is 0 Å². The molecule has 0 aliphatic carbocycles. The van der Waals surface area contributed by atoms with Gasteiger partial charge in [0.2, 0.25) is 0 Å². The van der Waals surface area contributed by atoms with Crippen LogP contribution in [0.3, 0.4) is 0 Å². The Balaban J connectivity index is 2.04. The van der Waals surface area contributed by atoms with Crippen molar-refractivity contribution in [1.29, 1.82) is 0 Å². The van der Waals surface area contributed by atoms with Gasteiger partial charge in [-0.2, -0.15) is 0 Å². The number of carbonyl (C=O) groups is 1. The predicted molar refractivity (Wildman–Crippen MR) is 121 cm³/mol. The first-order chi connectivity index (χ1) is 14.7. The molecule has 0 spiro atoms. The number of pyridine rings is 1. The van der Waals surface area contributed by atoms with Crippen molar-refractivity contribution >= 4 is 27.5 Å². The molecule has 3 aromatic rings. The van der Waals surface area contributed by atoms with Gasteiger partial charge in [-0.1, -0.05) is 36.4 Å². The lowest BCUT2D eigenvalue weighted by Crippen LogP contribution is -2.26. The second kappa shape index (κ2) is 9.18. The van der Waals surface area contributed by atoms with E-state index in [1.54, 1.807) is 12.1 Å². The summed E-state index contributed by atoms with van der Waals surface area (Å²) in [4.78, 5) is 17.8. The Kier molecular flexibility index (Phi) is 6.60. The average molecular weight is 440 g/mol. The molecule has 0 fully saturated rings. The van der Waals surface area contributed by atoms with Crippen LogP contribution < -0.4 is 9.62 Å². The third-order valence-electron chi connectivity index (χ3n) is 4.76. The maximum absolute atomic E-state index is 13.1. The number of anilines is 2. The number of sulfonamides is 1. The van der Waals surface area contributed by atoms with Crippen LogP contribution in [0.4, 0.5) is 11.5 Å². The smallest absolute Gasteiger partial charge is 0.337 e. The van der Waals surface area contributed by atoms with Crippen LogP contribution in [0.1, 0.15) is 34.0 Å². The molecule has 0 unspecified atom stereocenters. The van der Waals surface area contributed by atoms with E-state index in [2.05, 4.69) is 9.71 Å². The van der Waals surface area contributed by atoms with Gasteiger partial charge in [0.25, 0.3) is 10.0 Å². The highest BCUT2D eigenvalue weighted by molar-refractivity contribution is 7.92. The molecule has 0 saturated carbocycles. The van der Waals surface area contributed by atoms with Crippen molar-refractivity contribution in [3.63, 3.8) is 0 Å². The quantitative estimate of drug-likeness (QED) is 0.545. The van der Waals surface area contributed by atoms with Crippen molar-refractivity contribution in [2.45, 2.75) is 32.2 Å². The number of hydrogen-bond donors (Lipinski definition) is 2. The topological polar surface area (TPSA) is 99.6 Å². The second-order valence-corrected chi connectivity index (χ2v) is 9.01. The van der Waals surface area contributed by atoms with Gasteiger partial charge in [-0.05, 0) is 55.7 Å². The van der Waals surface area contributed by atoms with Gasteiger partial charge >= 0.3 is 5.97 Å². The van der Waals surface area contributed by atoms with Gasteiger partial charge in [-0.3, -0.25) is 4.72 Å². The first-order valence-electron chi connectivity index (χ1n) is 9.83. The van der Waals surface area contributed by atoms with Crippen LogP contribution in [0, 0.1) is 13.8 Å². The maximum atomic E-state index is 13.1. The zero-order valence-corrected chi connectivity index (χ0v) is 18.5. The van der Waals surface area contributed by atoms with E-state index in [1.807, 2.05) is 62.1 Å². The number of aromatic carboxylic acids is 1. The number of aromatic nitrogens is 1. The second-order valence-electron chi connectivity index (χ2n) is 7.33. The number of hydrogen-bond acceptors (Lipinski definition) is 5. The van der Waals surface area contributed by atoms with Crippen molar-refractivity contribution in [2.24, 2.45) is 0 Å². The van der Waals surface area contributed by atoms with Crippen LogP contribution in [-0.4, -0.2) is 31.0 Å². The van der Waals surface area contributed by atoms with Crippen molar-refractivity contribution < 1.29 is 18.3 Å². The monoisotopic (exact) mass is 439 g/mol. The Morgan fingerprint density at radius 1 is 1.06 bits per heavy atom. The van der Waals surface area contributed by atoms with Gasteiger partial charge in [0.05, 0.1) is 16.1 Å². The number of rotatable bonds is 8. The molecule has 0 bridgehead atoms. The molecule has 7 nitrogen and oxygen atoms in total. The fourth-order valence-electron chi connectivity index (χ4n) is 3.33. The first kappa shape index (κ1) is 22.3. The van der Waals surface area contributed by atoms with E-state index in [4.69, 9.17) is 0 Å². The molecule has 8 heteroatoms. The van der Waals surface area contributed by atoms with E-state index >= 15 is 0 Å². The van der Waals surface area contributed by atoms with Gasteiger partial charge < -0.3 is 10.0 Å². The van der Waals surface area contributed by atoms with Gasteiger partial charge in [0, 0.05) is 19.3 Å². The molecule has 0 radical (unpaired) electrons. The molecule has 2 aromatic carbocycles. The molecule has 0 saturated heterocycles. The highest BCUT2D eigenvalue weighted by Gasteiger charge is 2.21. The number of benzene rings is 2. The third kappa shape index (κ3) is 5.40. The molecule has 2 N–H and O–H groups in total. The van der Waals surface area contributed by atoms with Crippen LogP contribution in [-0.2, 0) is 16.6 Å². The SMILES string of the molecule is CCN(Cc1ccccc1)c1ncc(C(=O)O)cc1NS(=O)(=O)c1cc(C)cc(C)c1. The molecule has 1 aromatic heterocycles. The fraction of sp³-hybridized carbons (Fsp3) is 0.217. The third-order valence-corrected chi connectivity index (χ3v) is 6.11. The van der Waals surface area contributed by atoms with Crippen molar-refractivity contribution in [1.82, 2.24) is 4.98 Å². The van der Waals surface area contributed by atoms with Crippen LogP contribution >= 0.6 is 0 Å². The Bertz CT molecular complexity index is 1170. The molecule has 1 heterocycles. The summed E-state index contributed by atoms with van der Waals surface area (Å²) < 4.78 is 28.8. The number of nitrogens with zero attached hydrogens (tertiary/aromatic N) is 2. The molecular weight excluding hydrogens is 414 g/mol. The summed E-state index contributed by atoms with van der Waals surface area (Å²) in [5.74, 6) is -0.818. The van der Waals surface area contributed by atoms with Gasteiger partial charge in [-0.15, -0.1) is 0 Å². The average Bonchev–Trinajstić information content (AvgIpc) is 2.72. The summed E-state index contributed by atoms with van der Waals surface area (Å²) in [7, 11) is -3.95. The predicted octanol–water partition coefficient (Wildman–Crippen LogP) is 4.22. The molecule has 0 amide bonds. The van der Waals surface area contributed by atoms with Gasteiger partial charge in [-0.25, -0.2) is 18.2 Å². The standard InChI is InChI=1S/C23H25N3O4S/c1-4-26(15-18-8-6-5-7-9-18)22-21(13-19(14-24-22)23(27)28)25-31(29,30)20-11-16(2)10-17(3)12-20/h5-14,25H,4,15H2,1-3H3,(H,27,28). The zero-order chi connectivity index (χ0) is 22.6. The molecule has 0 aliphatic heterocycles. The number of nitrogens with one attached hydrogen (secondary N) is 1. The highest BCUT2D eigenvalue weighted by atomic mass is 32.2. The van der Waals surface area contributed by atoms with Crippen LogP contribution in [0.25, 0.3) is 0 Å². The summed E-state index contributed by atoms with van der Waals surface area (Å²) in [6, 6.07) is 16.0. The van der Waals surface area contributed by atoms with E-state index in [9.17, 15) is 18.3 Å². The molecule has 0 aliphatic rings. The van der Waals surface area contributed by atoms with E-state index in [0.29, 0.717) is 18.9 Å². The fourth-order valence-corrected chi connectivity index (χ4v) is 4.57. The van der Waals surface area contributed by atoms with Crippen molar-refractivity contribution in [2.75, 3.05) is 16.2 Å². The van der Waals surface area contributed by atoms with Gasteiger partial charge in [0.15, 0.2) is 5.82 Å². The summed E-state index contributed by atoms with van der Waals surface area (Å²) in [5, 5.41) is 9.39. The summed E-state index contributed by atoms with van der Waals surface area (Å²) in [6.45, 7) is 6.62. The number of carboxylic acid groups (broad SMARTS) is 1. The van der Waals surface area contributed by atoms with E-state index in [-0.39, 0.29) is 16.1 Å². The lowest BCUT2D eigenvalue weighted by Gasteiger charge is -2.25. The van der Waals surface area contributed by atoms with Crippen LogP contribution in [0.15, 0.2) is 65.7 Å². The minimum atomic E-state index is -3.95. The van der Waals surface area contributed by atoms with Gasteiger partial charge in [0.1, 0.15) is 0 Å². The molecule has 0 atom stereocenters. The van der Waals surface area contributed by atoms with Crippen LogP contribution in [0.2, 0.25) is 0 Å². The Labute approximate surface area is 182 Å². The lowest BCUT2D eigenvalue weighted by atomic mass is 10.2. The Morgan fingerprint density at radius 2 is 1.71 bits per heavy atom. The normalized spacial score (nSPS) is 11.2. The van der Waals surface area contributed by atoms with E-state index in [0.717, 1.165) is 16.7 Å². The Hall–Kier alpha value is -3.39. The number of carboxylic acids is 1. The largest absolute Gasteiger partial charge is 0.478 e. The van der Waals surface area contributed by atoms with Crippen molar-refractivity contribution in [3.05, 3.63) is 83.0 Å². The maximum Gasteiger partial charge on any atom is 0.337 e. The summed E-state index contributed by atoms with van der Waals surface area (Å²) in [6.07, 6.45) is 1.24. The molecular formula is C23H25N3O4S. The summed E-state index contributed by atoms with van der Waals surface area (Å²) >= 11 is 0. The first-order valence-corrected chi connectivity index (χ1v) is 11.3. The lowest BCUT2D eigenvalue weighted by molar-refractivity contribution is 0.0696. The summed E-state index contributed by atoms with van der Waals surface area (Å²) in [5.41, 5.74) is 2.68. The Morgan fingerprint density at radius 3 is 2.29 bits per heavy atom. The van der Waals surface area contributed by atoms with E-state index < -0.39 is 16.0 Å². The highest BCUT2D eigenvalue weighted by Crippen LogP contribution is 2.29. The minimum absolute atomic E-state index is 0.0994. The number of aryl methyl sites for hydroxylation is 2.